The molecule has 88 valence electrons. The number of carbonyl (C=O) groups excluding carboxylic acids is 1. The lowest BCUT2D eigenvalue weighted by Crippen LogP contribution is -2.03. The Morgan fingerprint density at radius 3 is 2.71 bits per heavy atom. The van der Waals surface area contributed by atoms with E-state index in [4.69, 9.17) is 4.74 Å². The van der Waals surface area contributed by atoms with E-state index in [1.54, 1.807) is 6.92 Å². The van der Waals surface area contributed by atoms with E-state index < -0.39 is 5.97 Å². The van der Waals surface area contributed by atoms with Gasteiger partial charge in [0.05, 0.1) is 6.61 Å². The van der Waals surface area contributed by atoms with E-state index in [1.807, 2.05) is 31.2 Å². The average Bonchev–Trinajstić information content (AvgIpc) is 2.80. The third kappa shape index (κ3) is 2.68. The van der Waals surface area contributed by atoms with Crippen LogP contribution in [0.2, 0.25) is 0 Å². The highest BCUT2D eigenvalue weighted by molar-refractivity contribution is 7.07. The largest absolute Gasteiger partial charge is 0.461 e. The van der Waals surface area contributed by atoms with Gasteiger partial charge >= 0.3 is 5.97 Å². The zero-order valence-electron chi connectivity index (χ0n) is 9.64. The normalized spacial score (nSPS) is 10.2. The molecule has 0 aliphatic rings. The maximum Gasteiger partial charge on any atom is 0.369 e. The lowest BCUT2D eigenvalue weighted by atomic mass is 10.1. The molecule has 0 atom stereocenters. The number of carbonyl (C=O) groups is 1. The summed E-state index contributed by atoms with van der Waals surface area (Å²) in [4.78, 5) is 15.6. The first-order valence-electron chi connectivity index (χ1n) is 5.28. The molecule has 2 aromatic rings. The third-order valence-corrected chi connectivity index (χ3v) is 2.88. The van der Waals surface area contributed by atoms with Crippen molar-refractivity contribution in [2.75, 3.05) is 6.61 Å². The molecule has 0 N–H and O–H groups in total. The number of hydrogen-bond acceptors (Lipinski definition) is 5. The van der Waals surface area contributed by atoms with Gasteiger partial charge in [0.1, 0.15) is 0 Å². The Kier molecular flexibility index (Phi) is 3.49. The molecule has 2 rings (SSSR count). The van der Waals surface area contributed by atoms with Crippen molar-refractivity contribution in [2.45, 2.75) is 13.8 Å². The highest BCUT2D eigenvalue weighted by Gasteiger charge is 2.14. The minimum Gasteiger partial charge on any atom is -0.461 e. The molecule has 1 heterocycles. The molecule has 4 nitrogen and oxygen atoms in total. The minimum absolute atomic E-state index is 0.294. The molecule has 5 heteroatoms. The quantitative estimate of drug-likeness (QED) is 0.784. The second kappa shape index (κ2) is 5.05. The Morgan fingerprint density at radius 2 is 2.06 bits per heavy atom. The topological polar surface area (TPSA) is 52.1 Å². The van der Waals surface area contributed by atoms with Gasteiger partial charge in [-0.3, -0.25) is 0 Å². The summed E-state index contributed by atoms with van der Waals surface area (Å²) in [5, 5.41) is 0.294. The van der Waals surface area contributed by atoms with Crippen molar-refractivity contribution in [2.24, 2.45) is 0 Å². The molecule has 0 amide bonds. The number of aromatic nitrogens is 2. The van der Waals surface area contributed by atoms with E-state index in [0.717, 1.165) is 17.1 Å². The fourth-order valence-corrected chi connectivity index (χ4v) is 1.90. The summed E-state index contributed by atoms with van der Waals surface area (Å²) in [6.07, 6.45) is 0. The zero-order chi connectivity index (χ0) is 12.3. The van der Waals surface area contributed by atoms with Crippen LogP contribution in [-0.4, -0.2) is 21.9 Å². The Balaban J connectivity index is 2.23. The fourth-order valence-electron chi connectivity index (χ4n) is 1.32. The monoisotopic (exact) mass is 248 g/mol. The molecule has 1 aromatic carbocycles. The van der Waals surface area contributed by atoms with Crippen LogP contribution < -0.4 is 0 Å². The van der Waals surface area contributed by atoms with Crippen LogP contribution in [0.3, 0.4) is 0 Å². The van der Waals surface area contributed by atoms with Crippen LogP contribution >= 0.6 is 11.5 Å². The van der Waals surface area contributed by atoms with Crippen LogP contribution in [0, 0.1) is 6.92 Å². The lowest BCUT2D eigenvalue weighted by molar-refractivity contribution is 0.0526. The van der Waals surface area contributed by atoms with Gasteiger partial charge in [0.15, 0.2) is 5.82 Å². The summed E-state index contributed by atoms with van der Waals surface area (Å²) in [7, 11) is 0. The molecule has 0 spiro atoms. The van der Waals surface area contributed by atoms with Gasteiger partial charge in [0, 0.05) is 5.56 Å². The highest BCUT2D eigenvalue weighted by atomic mass is 32.1. The zero-order valence-corrected chi connectivity index (χ0v) is 10.5. The van der Waals surface area contributed by atoms with Crippen molar-refractivity contribution in [3.05, 3.63) is 34.8 Å². The molecule has 0 bridgehead atoms. The van der Waals surface area contributed by atoms with Crippen LogP contribution in [0.1, 0.15) is 22.3 Å². The minimum atomic E-state index is -0.414. The summed E-state index contributed by atoms with van der Waals surface area (Å²) in [5.41, 5.74) is 2.08. The van der Waals surface area contributed by atoms with Crippen LogP contribution in [0.4, 0.5) is 0 Å². The number of hydrogen-bond donors (Lipinski definition) is 0. The number of esters is 1. The standard InChI is InChI=1S/C12H12N2O2S/c1-3-16-12(15)11-13-10(14-17-11)9-6-4-8(2)5-7-9/h4-7H,3H2,1-2H3. The molecular formula is C12H12N2O2S. The maximum atomic E-state index is 11.4. The predicted molar refractivity (Wildman–Crippen MR) is 66.0 cm³/mol. The molecule has 0 unspecified atom stereocenters. The average molecular weight is 248 g/mol. The number of rotatable bonds is 3. The summed E-state index contributed by atoms with van der Waals surface area (Å²) in [6, 6.07) is 7.85. The van der Waals surface area contributed by atoms with Crippen molar-refractivity contribution in [1.82, 2.24) is 9.36 Å². The smallest absolute Gasteiger partial charge is 0.369 e. The van der Waals surface area contributed by atoms with Gasteiger partial charge < -0.3 is 4.74 Å². The first kappa shape index (κ1) is 11.7. The summed E-state index contributed by atoms with van der Waals surface area (Å²) in [5.74, 6) is 0.154. The first-order valence-corrected chi connectivity index (χ1v) is 6.06. The van der Waals surface area contributed by atoms with Gasteiger partial charge in [0.2, 0.25) is 5.01 Å². The number of ether oxygens (including phenoxy) is 1. The van der Waals surface area contributed by atoms with Gasteiger partial charge in [-0.15, -0.1) is 0 Å². The number of aryl methyl sites for hydroxylation is 1. The molecule has 0 saturated heterocycles. The number of benzene rings is 1. The van der Waals surface area contributed by atoms with E-state index in [0.29, 0.717) is 17.4 Å². The Morgan fingerprint density at radius 1 is 1.35 bits per heavy atom. The first-order chi connectivity index (χ1) is 8.20. The third-order valence-electron chi connectivity index (χ3n) is 2.19. The Labute approximate surface area is 103 Å². The summed E-state index contributed by atoms with van der Waals surface area (Å²) in [6.45, 7) is 4.13. The molecule has 17 heavy (non-hydrogen) atoms. The molecule has 0 aliphatic heterocycles. The van der Waals surface area contributed by atoms with Crippen molar-refractivity contribution in [3.63, 3.8) is 0 Å². The van der Waals surface area contributed by atoms with E-state index in [1.165, 1.54) is 5.56 Å². The van der Waals surface area contributed by atoms with Gasteiger partial charge in [-0.2, -0.15) is 4.37 Å². The SMILES string of the molecule is CCOC(=O)c1nc(-c2ccc(C)cc2)ns1. The molecule has 0 aliphatic carbocycles. The van der Waals surface area contributed by atoms with Crippen LogP contribution in [0.25, 0.3) is 11.4 Å². The molecular weight excluding hydrogens is 236 g/mol. The van der Waals surface area contributed by atoms with Gasteiger partial charge in [-0.25, -0.2) is 9.78 Å². The fraction of sp³-hybridized carbons (Fsp3) is 0.250. The van der Waals surface area contributed by atoms with Crippen molar-refractivity contribution in [3.8, 4) is 11.4 Å². The van der Waals surface area contributed by atoms with Gasteiger partial charge in [-0.1, -0.05) is 29.8 Å². The van der Waals surface area contributed by atoms with Crippen molar-refractivity contribution >= 4 is 17.5 Å². The van der Waals surface area contributed by atoms with Gasteiger partial charge in [0.25, 0.3) is 0 Å². The molecule has 1 aromatic heterocycles. The predicted octanol–water partition coefficient (Wildman–Crippen LogP) is 2.69. The summed E-state index contributed by atoms with van der Waals surface area (Å²) >= 11 is 1.06. The molecule has 0 fully saturated rings. The van der Waals surface area contributed by atoms with Crippen LogP contribution in [0.5, 0.6) is 0 Å². The molecule has 0 saturated carbocycles. The van der Waals surface area contributed by atoms with Crippen LogP contribution in [-0.2, 0) is 4.74 Å². The van der Waals surface area contributed by atoms with Crippen molar-refractivity contribution in [1.29, 1.82) is 0 Å². The van der Waals surface area contributed by atoms with E-state index in [2.05, 4.69) is 9.36 Å². The Bertz CT molecular complexity index is 520. The van der Waals surface area contributed by atoms with Crippen molar-refractivity contribution < 1.29 is 9.53 Å². The molecule has 0 radical (unpaired) electrons. The highest BCUT2D eigenvalue weighted by Crippen LogP contribution is 2.19. The van der Waals surface area contributed by atoms with Gasteiger partial charge in [-0.05, 0) is 25.4 Å². The summed E-state index contributed by atoms with van der Waals surface area (Å²) < 4.78 is 9.01. The maximum absolute atomic E-state index is 11.4. The van der Waals surface area contributed by atoms with E-state index in [-0.39, 0.29) is 0 Å². The Hall–Kier alpha value is -1.75. The van der Waals surface area contributed by atoms with E-state index in [9.17, 15) is 4.79 Å². The number of nitrogens with zero attached hydrogens (tertiary/aromatic N) is 2. The van der Waals surface area contributed by atoms with E-state index >= 15 is 0 Å². The van der Waals surface area contributed by atoms with Crippen LogP contribution in [0.15, 0.2) is 24.3 Å². The lowest BCUT2D eigenvalue weighted by Gasteiger charge is -1.96. The second-order valence-corrected chi connectivity index (χ2v) is 4.26. The second-order valence-electron chi connectivity index (χ2n) is 3.51.